The maximum atomic E-state index is 11.5. The quantitative estimate of drug-likeness (QED) is 0.760. The number of Topliss-reactive ketones (excluding diaryl/α,β-unsaturated/α-hetero) is 1. The maximum absolute atomic E-state index is 11.5. The largest absolute Gasteiger partial charge is 0.507 e. The lowest BCUT2D eigenvalue weighted by atomic mass is 10.1. The molecule has 0 bridgehead atoms. The number of carbonyl (C=O) groups is 1. The molecule has 2 aromatic carbocycles. The van der Waals surface area contributed by atoms with Crippen LogP contribution in [0.5, 0.6) is 17.2 Å². The van der Waals surface area contributed by atoms with Crippen LogP contribution in [-0.2, 0) is 0 Å². The average molecular weight is 337 g/mol. The molecule has 0 aromatic heterocycles. The number of aromatic hydroxyl groups is 1. The molecule has 1 atom stereocenters. The smallest absolute Gasteiger partial charge is 0.167 e. The second-order valence-electron chi connectivity index (χ2n) is 4.94. The zero-order valence-electron chi connectivity index (χ0n) is 12.5. The van der Waals surface area contributed by atoms with E-state index in [1.165, 1.54) is 13.0 Å². The first kappa shape index (κ1) is 17.1. The lowest BCUT2D eigenvalue weighted by Gasteiger charge is -2.15. The van der Waals surface area contributed by atoms with Crippen LogP contribution in [0.3, 0.4) is 0 Å². The van der Waals surface area contributed by atoms with Gasteiger partial charge in [-0.05, 0) is 43.3 Å². The number of phenols is 1. The molecule has 0 fully saturated rings. The summed E-state index contributed by atoms with van der Waals surface area (Å²) in [5.74, 6) is 0.338. The third-order valence-corrected chi connectivity index (χ3v) is 3.30. The normalized spacial score (nSPS) is 11.8. The summed E-state index contributed by atoms with van der Waals surface area (Å²) in [6, 6.07) is 11.3. The third-order valence-electron chi connectivity index (χ3n) is 3.04. The zero-order chi connectivity index (χ0) is 16.8. The van der Waals surface area contributed by atoms with E-state index in [0.29, 0.717) is 10.8 Å². The summed E-state index contributed by atoms with van der Waals surface area (Å²) in [6.07, 6.45) is -0.896. The van der Waals surface area contributed by atoms with E-state index in [9.17, 15) is 15.0 Å². The Morgan fingerprint density at radius 2 is 1.78 bits per heavy atom. The molecular weight excluding hydrogens is 320 g/mol. The Hall–Kier alpha value is -2.24. The highest BCUT2D eigenvalue weighted by Gasteiger charge is 2.15. The molecule has 0 aliphatic carbocycles. The van der Waals surface area contributed by atoms with Crippen LogP contribution in [0.1, 0.15) is 17.3 Å². The van der Waals surface area contributed by atoms with E-state index in [2.05, 4.69) is 0 Å². The Kier molecular flexibility index (Phi) is 5.84. The van der Waals surface area contributed by atoms with Gasteiger partial charge in [0.1, 0.15) is 42.1 Å². The number of aliphatic hydroxyl groups is 1. The van der Waals surface area contributed by atoms with Gasteiger partial charge in [-0.3, -0.25) is 4.79 Å². The van der Waals surface area contributed by atoms with Crippen LogP contribution >= 0.6 is 11.6 Å². The van der Waals surface area contributed by atoms with Crippen LogP contribution in [0.15, 0.2) is 42.5 Å². The standard InChI is InChI=1S/C17H17ClO5/c1-11(19)17-15(21)3-2-4-16(17)23-10-13(20)9-22-14-7-5-12(18)6-8-14/h2-8,13,20-21H,9-10H2,1H3. The van der Waals surface area contributed by atoms with Crippen LogP contribution in [-0.4, -0.2) is 35.3 Å². The first-order valence-corrected chi connectivity index (χ1v) is 7.37. The Bertz CT molecular complexity index is 669. The molecule has 2 aromatic rings. The van der Waals surface area contributed by atoms with Crippen molar-refractivity contribution < 1.29 is 24.5 Å². The minimum atomic E-state index is -0.896. The van der Waals surface area contributed by atoms with Crippen molar-refractivity contribution in [1.82, 2.24) is 0 Å². The Morgan fingerprint density at radius 3 is 2.43 bits per heavy atom. The molecule has 5 nitrogen and oxygen atoms in total. The van der Waals surface area contributed by atoms with E-state index in [-0.39, 0.29) is 36.1 Å². The van der Waals surface area contributed by atoms with Crippen molar-refractivity contribution in [2.24, 2.45) is 0 Å². The second kappa shape index (κ2) is 7.85. The van der Waals surface area contributed by atoms with Crippen LogP contribution in [0.4, 0.5) is 0 Å². The lowest BCUT2D eigenvalue weighted by molar-refractivity contribution is 0.0619. The summed E-state index contributed by atoms with van der Waals surface area (Å²) >= 11 is 5.77. The highest BCUT2D eigenvalue weighted by atomic mass is 35.5. The van der Waals surface area contributed by atoms with E-state index in [1.54, 1.807) is 36.4 Å². The minimum absolute atomic E-state index is 0.0237. The van der Waals surface area contributed by atoms with Crippen molar-refractivity contribution in [3.63, 3.8) is 0 Å². The molecule has 0 spiro atoms. The third kappa shape index (κ3) is 4.87. The topological polar surface area (TPSA) is 76.0 Å². The lowest BCUT2D eigenvalue weighted by Crippen LogP contribution is -2.25. The van der Waals surface area contributed by atoms with Crippen molar-refractivity contribution in [2.75, 3.05) is 13.2 Å². The Labute approximate surface area is 139 Å². The van der Waals surface area contributed by atoms with Gasteiger partial charge in [-0.1, -0.05) is 17.7 Å². The molecule has 0 saturated carbocycles. The first-order valence-electron chi connectivity index (χ1n) is 6.99. The van der Waals surface area contributed by atoms with Crippen molar-refractivity contribution in [3.8, 4) is 17.2 Å². The number of ketones is 1. The molecule has 0 aliphatic heterocycles. The summed E-state index contributed by atoms with van der Waals surface area (Å²) in [5.41, 5.74) is 0.0957. The summed E-state index contributed by atoms with van der Waals surface area (Å²) in [4.78, 5) is 11.5. The Balaban J connectivity index is 1.89. The van der Waals surface area contributed by atoms with Gasteiger partial charge in [0.15, 0.2) is 5.78 Å². The van der Waals surface area contributed by atoms with Gasteiger partial charge in [0.2, 0.25) is 0 Å². The predicted molar refractivity (Wildman–Crippen MR) is 86.6 cm³/mol. The molecule has 0 amide bonds. The first-order chi connectivity index (χ1) is 11.0. The van der Waals surface area contributed by atoms with Gasteiger partial charge in [-0.15, -0.1) is 0 Å². The molecule has 1 unspecified atom stereocenters. The predicted octanol–water partition coefficient (Wildman–Crippen LogP) is 3.07. The molecule has 122 valence electrons. The van der Waals surface area contributed by atoms with Crippen molar-refractivity contribution in [3.05, 3.63) is 53.1 Å². The van der Waals surface area contributed by atoms with Crippen molar-refractivity contribution in [1.29, 1.82) is 0 Å². The number of aliphatic hydroxyl groups excluding tert-OH is 1. The second-order valence-corrected chi connectivity index (χ2v) is 5.37. The van der Waals surface area contributed by atoms with E-state index in [1.807, 2.05) is 0 Å². The highest BCUT2D eigenvalue weighted by molar-refractivity contribution is 6.30. The van der Waals surface area contributed by atoms with Crippen LogP contribution in [0, 0.1) is 0 Å². The van der Waals surface area contributed by atoms with Crippen LogP contribution in [0.25, 0.3) is 0 Å². The summed E-state index contributed by atoms with van der Waals surface area (Å²) in [6.45, 7) is 1.29. The van der Waals surface area contributed by atoms with Gasteiger partial charge in [-0.25, -0.2) is 0 Å². The van der Waals surface area contributed by atoms with E-state index in [0.717, 1.165) is 0 Å². The number of ether oxygens (including phenoxy) is 2. The summed E-state index contributed by atoms with van der Waals surface area (Å²) < 4.78 is 10.8. The molecule has 6 heteroatoms. The van der Waals surface area contributed by atoms with Crippen LogP contribution in [0.2, 0.25) is 5.02 Å². The monoisotopic (exact) mass is 336 g/mol. The number of hydrogen-bond donors (Lipinski definition) is 2. The number of benzene rings is 2. The van der Waals surface area contributed by atoms with Crippen molar-refractivity contribution >= 4 is 17.4 Å². The van der Waals surface area contributed by atoms with Crippen LogP contribution < -0.4 is 9.47 Å². The van der Waals surface area contributed by atoms with Gasteiger partial charge in [0, 0.05) is 5.02 Å². The maximum Gasteiger partial charge on any atom is 0.167 e. The van der Waals surface area contributed by atoms with Gasteiger partial charge in [0.05, 0.1) is 0 Å². The van der Waals surface area contributed by atoms with Gasteiger partial charge in [-0.2, -0.15) is 0 Å². The molecule has 0 aliphatic rings. The highest BCUT2D eigenvalue weighted by Crippen LogP contribution is 2.28. The molecule has 0 heterocycles. The number of phenolic OH excluding ortho intramolecular Hbond substituents is 1. The number of rotatable bonds is 7. The Morgan fingerprint density at radius 1 is 1.13 bits per heavy atom. The minimum Gasteiger partial charge on any atom is -0.507 e. The fraction of sp³-hybridized carbons (Fsp3) is 0.235. The van der Waals surface area contributed by atoms with Gasteiger partial charge in [0.25, 0.3) is 0 Å². The fourth-order valence-corrected chi connectivity index (χ4v) is 2.08. The SMILES string of the molecule is CC(=O)c1c(O)cccc1OCC(O)COc1ccc(Cl)cc1. The number of halogens is 1. The van der Waals surface area contributed by atoms with Crippen molar-refractivity contribution in [2.45, 2.75) is 13.0 Å². The van der Waals surface area contributed by atoms with E-state index < -0.39 is 6.10 Å². The molecule has 2 N–H and O–H groups in total. The summed E-state index contributed by atoms with van der Waals surface area (Å²) in [7, 11) is 0. The van der Waals surface area contributed by atoms with Gasteiger partial charge >= 0.3 is 0 Å². The molecule has 0 radical (unpaired) electrons. The molecule has 0 saturated heterocycles. The zero-order valence-corrected chi connectivity index (χ0v) is 13.3. The summed E-state index contributed by atoms with van der Waals surface area (Å²) in [5, 5.41) is 20.2. The molecular formula is C17H17ClO5. The molecule has 2 rings (SSSR count). The average Bonchev–Trinajstić information content (AvgIpc) is 2.52. The number of carbonyl (C=O) groups excluding carboxylic acids is 1. The van der Waals surface area contributed by atoms with Gasteiger partial charge < -0.3 is 19.7 Å². The fourth-order valence-electron chi connectivity index (χ4n) is 1.95. The van der Waals surface area contributed by atoms with E-state index in [4.69, 9.17) is 21.1 Å². The molecule has 23 heavy (non-hydrogen) atoms. The number of hydrogen-bond acceptors (Lipinski definition) is 5. The van der Waals surface area contributed by atoms with E-state index >= 15 is 0 Å².